The van der Waals surface area contributed by atoms with Gasteiger partial charge in [-0.1, -0.05) is 0 Å². The Kier molecular flexibility index (Phi) is 3.90. The Labute approximate surface area is 101 Å². The maximum Gasteiger partial charge on any atom is 0.274 e. The van der Waals surface area contributed by atoms with Crippen LogP contribution >= 0.6 is 0 Å². The highest BCUT2D eigenvalue weighted by atomic mass is 16.2. The minimum atomic E-state index is -0.00282. The molecule has 1 amide bonds. The summed E-state index contributed by atoms with van der Waals surface area (Å²) in [6.45, 7) is 4.44. The number of anilines is 1. The number of amides is 1. The molecule has 1 saturated heterocycles. The fourth-order valence-corrected chi connectivity index (χ4v) is 1.99. The van der Waals surface area contributed by atoms with Crippen molar-refractivity contribution in [1.82, 2.24) is 14.9 Å². The molecule has 1 aliphatic heterocycles. The van der Waals surface area contributed by atoms with Gasteiger partial charge in [0.05, 0.1) is 12.4 Å². The molecule has 17 heavy (non-hydrogen) atoms. The van der Waals surface area contributed by atoms with Crippen molar-refractivity contribution in [2.45, 2.75) is 26.2 Å². The van der Waals surface area contributed by atoms with Gasteiger partial charge in [-0.3, -0.25) is 9.78 Å². The molecule has 1 fully saturated rings. The van der Waals surface area contributed by atoms with E-state index >= 15 is 0 Å². The summed E-state index contributed by atoms with van der Waals surface area (Å²) >= 11 is 0. The van der Waals surface area contributed by atoms with Crippen molar-refractivity contribution >= 4 is 11.7 Å². The van der Waals surface area contributed by atoms with E-state index in [-0.39, 0.29) is 5.91 Å². The summed E-state index contributed by atoms with van der Waals surface area (Å²) in [4.78, 5) is 22.3. The first kappa shape index (κ1) is 11.8. The summed E-state index contributed by atoms with van der Waals surface area (Å²) in [5, 5.41) is 3.06. The van der Waals surface area contributed by atoms with Gasteiger partial charge in [-0.25, -0.2) is 4.98 Å². The smallest absolute Gasteiger partial charge is 0.274 e. The average molecular weight is 234 g/mol. The summed E-state index contributed by atoms with van der Waals surface area (Å²) in [6.07, 6.45) is 6.57. The first-order valence-electron chi connectivity index (χ1n) is 6.16. The van der Waals surface area contributed by atoms with E-state index in [0.717, 1.165) is 32.5 Å². The van der Waals surface area contributed by atoms with Gasteiger partial charge in [0.25, 0.3) is 5.91 Å². The average Bonchev–Trinajstić information content (AvgIpc) is 2.40. The number of carbonyl (C=O) groups excluding carboxylic acids is 1. The van der Waals surface area contributed by atoms with Gasteiger partial charge in [-0.05, 0) is 26.2 Å². The van der Waals surface area contributed by atoms with E-state index < -0.39 is 0 Å². The summed E-state index contributed by atoms with van der Waals surface area (Å²) < 4.78 is 0. The van der Waals surface area contributed by atoms with Crippen LogP contribution < -0.4 is 5.32 Å². The van der Waals surface area contributed by atoms with E-state index in [1.807, 2.05) is 11.8 Å². The minimum Gasteiger partial charge on any atom is -0.369 e. The molecule has 5 nitrogen and oxygen atoms in total. The molecule has 1 aromatic rings. The monoisotopic (exact) mass is 234 g/mol. The molecule has 0 radical (unpaired) electrons. The normalized spacial score (nSPS) is 15.7. The zero-order valence-corrected chi connectivity index (χ0v) is 10.1. The van der Waals surface area contributed by atoms with Crippen molar-refractivity contribution in [2.24, 2.45) is 0 Å². The Bertz CT molecular complexity index is 388. The second-order valence-corrected chi connectivity index (χ2v) is 4.17. The second kappa shape index (κ2) is 5.61. The third-order valence-electron chi connectivity index (χ3n) is 2.85. The number of nitrogens with one attached hydrogen (secondary N) is 1. The van der Waals surface area contributed by atoms with Gasteiger partial charge in [-0.2, -0.15) is 0 Å². The molecule has 2 heterocycles. The molecule has 0 aliphatic carbocycles. The Morgan fingerprint density at radius 2 is 2.12 bits per heavy atom. The number of hydrogen-bond donors (Lipinski definition) is 1. The summed E-state index contributed by atoms with van der Waals surface area (Å²) in [6, 6.07) is 0. The number of nitrogens with zero attached hydrogens (tertiary/aromatic N) is 3. The van der Waals surface area contributed by atoms with Crippen molar-refractivity contribution < 1.29 is 4.79 Å². The standard InChI is InChI=1S/C12H18N4O/c1-2-14-11-9-13-8-10(15-11)12(17)16-6-4-3-5-7-16/h8-9H,2-7H2,1H3,(H,14,15). The van der Waals surface area contributed by atoms with Gasteiger partial charge in [-0.15, -0.1) is 0 Å². The third-order valence-corrected chi connectivity index (χ3v) is 2.85. The van der Waals surface area contributed by atoms with Crippen LogP contribution in [0.2, 0.25) is 0 Å². The van der Waals surface area contributed by atoms with Gasteiger partial charge in [0.15, 0.2) is 0 Å². The zero-order valence-electron chi connectivity index (χ0n) is 10.1. The van der Waals surface area contributed by atoms with Crippen LogP contribution in [0.15, 0.2) is 12.4 Å². The number of likely N-dealkylation sites (tertiary alicyclic amines) is 1. The van der Waals surface area contributed by atoms with Crippen molar-refractivity contribution in [3.63, 3.8) is 0 Å². The van der Waals surface area contributed by atoms with Crippen molar-refractivity contribution in [1.29, 1.82) is 0 Å². The van der Waals surface area contributed by atoms with E-state index in [0.29, 0.717) is 11.5 Å². The molecule has 2 rings (SSSR count). The number of piperidine rings is 1. The molecule has 0 spiro atoms. The van der Waals surface area contributed by atoms with Gasteiger partial charge < -0.3 is 10.2 Å². The predicted molar refractivity (Wildman–Crippen MR) is 66.0 cm³/mol. The van der Waals surface area contributed by atoms with Crippen molar-refractivity contribution in [3.05, 3.63) is 18.1 Å². The molecule has 92 valence electrons. The SMILES string of the molecule is CCNc1cncc(C(=O)N2CCCCC2)n1. The van der Waals surface area contributed by atoms with E-state index in [2.05, 4.69) is 15.3 Å². The van der Waals surface area contributed by atoms with E-state index in [1.165, 1.54) is 12.6 Å². The lowest BCUT2D eigenvalue weighted by molar-refractivity contribution is 0.0718. The Hall–Kier alpha value is -1.65. The van der Waals surface area contributed by atoms with E-state index in [4.69, 9.17) is 0 Å². The van der Waals surface area contributed by atoms with E-state index in [9.17, 15) is 4.79 Å². The third kappa shape index (κ3) is 2.93. The lowest BCUT2D eigenvalue weighted by Gasteiger charge is -2.26. The van der Waals surface area contributed by atoms with E-state index in [1.54, 1.807) is 6.20 Å². The van der Waals surface area contributed by atoms with Crippen LogP contribution in [0.25, 0.3) is 0 Å². The Morgan fingerprint density at radius 3 is 2.82 bits per heavy atom. The topological polar surface area (TPSA) is 58.1 Å². The molecule has 0 unspecified atom stereocenters. The maximum atomic E-state index is 12.2. The van der Waals surface area contributed by atoms with Crippen LogP contribution in [0.5, 0.6) is 0 Å². The first-order valence-corrected chi connectivity index (χ1v) is 6.16. The van der Waals surface area contributed by atoms with Gasteiger partial charge in [0, 0.05) is 19.6 Å². The summed E-state index contributed by atoms with van der Waals surface area (Å²) in [5.41, 5.74) is 0.436. The Morgan fingerprint density at radius 1 is 1.35 bits per heavy atom. The lowest BCUT2D eigenvalue weighted by atomic mass is 10.1. The maximum absolute atomic E-state index is 12.2. The highest BCUT2D eigenvalue weighted by molar-refractivity contribution is 5.92. The lowest BCUT2D eigenvalue weighted by Crippen LogP contribution is -2.36. The molecule has 1 aliphatic rings. The largest absolute Gasteiger partial charge is 0.369 e. The number of aromatic nitrogens is 2. The molecule has 0 bridgehead atoms. The fourth-order valence-electron chi connectivity index (χ4n) is 1.99. The molecule has 1 N–H and O–H groups in total. The van der Waals surface area contributed by atoms with Crippen molar-refractivity contribution in [2.75, 3.05) is 25.0 Å². The zero-order chi connectivity index (χ0) is 12.1. The second-order valence-electron chi connectivity index (χ2n) is 4.17. The van der Waals surface area contributed by atoms with Crippen LogP contribution in [0.4, 0.5) is 5.82 Å². The van der Waals surface area contributed by atoms with Crippen LogP contribution in [-0.4, -0.2) is 40.4 Å². The summed E-state index contributed by atoms with van der Waals surface area (Å²) in [7, 11) is 0. The molecule has 0 saturated carbocycles. The van der Waals surface area contributed by atoms with Crippen molar-refractivity contribution in [3.8, 4) is 0 Å². The van der Waals surface area contributed by atoms with Crippen LogP contribution in [-0.2, 0) is 0 Å². The minimum absolute atomic E-state index is 0.00282. The molecule has 1 aromatic heterocycles. The molecular formula is C12H18N4O. The van der Waals surface area contributed by atoms with Gasteiger partial charge in [0.2, 0.25) is 0 Å². The van der Waals surface area contributed by atoms with Crippen LogP contribution in [0.3, 0.4) is 0 Å². The quantitative estimate of drug-likeness (QED) is 0.861. The van der Waals surface area contributed by atoms with Gasteiger partial charge >= 0.3 is 0 Å². The number of hydrogen-bond acceptors (Lipinski definition) is 4. The molecule has 0 aromatic carbocycles. The highest BCUT2D eigenvalue weighted by Crippen LogP contribution is 2.12. The molecular weight excluding hydrogens is 216 g/mol. The van der Waals surface area contributed by atoms with Crippen LogP contribution in [0, 0.1) is 0 Å². The first-order chi connectivity index (χ1) is 8.31. The van der Waals surface area contributed by atoms with Gasteiger partial charge in [0.1, 0.15) is 11.5 Å². The Balaban J connectivity index is 2.09. The summed E-state index contributed by atoms with van der Waals surface area (Å²) in [5.74, 6) is 0.660. The molecule has 5 heteroatoms. The predicted octanol–water partition coefficient (Wildman–Crippen LogP) is 1.53. The highest BCUT2D eigenvalue weighted by Gasteiger charge is 2.19. The number of carbonyl (C=O) groups is 1. The molecule has 0 atom stereocenters. The van der Waals surface area contributed by atoms with Crippen LogP contribution in [0.1, 0.15) is 36.7 Å². The fraction of sp³-hybridized carbons (Fsp3) is 0.583. The number of rotatable bonds is 3.